The maximum atomic E-state index is 12.9. The SMILES string of the molecule is COc1ccc2c(c1)C(CC(=O)NCCc1ccc(C(=O)O)cc1)c1ccccc1CO2. The number of amides is 1. The maximum Gasteiger partial charge on any atom is 0.335 e. The molecule has 1 amide bonds. The molecule has 164 valence electrons. The molecule has 1 heterocycles. The highest BCUT2D eigenvalue weighted by atomic mass is 16.5. The summed E-state index contributed by atoms with van der Waals surface area (Å²) in [5, 5.41) is 12.0. The largest absolute Gasteiger partial charge is 0.497 e. The summed E-state index contributed by atoms with van der Waals surface area (Å²) in [7, 11) is 1.62. The van der Waals surface area contributed by atoms with Gasteiger partial charge >= 0.3 is 5.97 Å². The smallest absolute Gasteiger partial charge is 0.335 e. The molecule has 1 aliphatic heterocycles. The number of methoxy groups -OCH3 is 1. The maximum absolute atomic E-state index is 12.9. The van der Waals surface area contributed by atoms with Crippen molar-refractivity contribution >= 4 is 11.9 Å². The van der Waals surface area contributed by atoms with Crippen LogP contribution in [0.1, 0.15) is 45.0 Å². The lowest BCUT2D eigenvalue weighted by atomic mass is 9.85. The van der Waals surface area contributed by atoms with E-state index in [1.54, 1.807) is 31.4 Å². The van der Waals surface area contributed by atoms with Crippen LogP contribution in [0.2, 0.25) is 0 Å². The monoisotopic (exact) mass is 431 g/mol. The number of hydrogen-bond donors (Lipinski definition) is 2. The van der Waals surface area contributed by atoms with Crippen molar-refractivity contribution in [2.75, 3.05) is 13.7 Å². The molecule has 0 saturated carbocycles. The summed E-state index contributed by atoms with van der Waals surface area (Å²) in [4.78, 5) is 23.8. The summed E-state index contributed by atoms with van der Waals surface area (Å²) < 4.78 is 11.4. The minimum absolute atomic E-state index is 0.0531. The van der Waals surface area contributed by atoms with Crippen LogP contribution >= 0.6 is 0 Å². The van der Waals surface area contributed by atoms with Crippen LogP contribution < -0.4 is 14.8 Å². The van der Waals surface area contributed by atoms with E-state index in [0.717, 1.165) is 33.8 Å². The molecule has 0 bridgehead atoms. The molecule has 0 aliphatic carbocycles. The minimum atomic E-state index is -0.950. The first kappa shape index (κ1) is 21.4. The van der Waals surface area contributed by atoms with Crippen molar-refractivity contribution in [3.63, 3.8) is 0 Å². The third kappa shape index (κ3) is 4.75. The van der Waals surface area contributed by atoms with Gasteiger partial charge in [-0.3, -0.25) is 4.79 Å². The van der Waals surface area contributed by atoms with E-state index in [2.05, 4.69) is 11.4 Å². The van der Waals surface area contributed by atoms with Crippen molar-refractivity contribution < 1.29 is 24.2 Å². The third-order valence-corrected chi connectivity index (χ3v) is 5.73. The average molecular weight is 431 g/mol. The summed E-state index contributed by atoms with van der Waals surface area (Å²) in [5.74, 6) is 0.339. The molecule has 0 fully saturated rings. The second-order valence-corrected chi connectivity index (χ2v) is 7.75. The summed E-state index contributed by atoms with van der Waals surface area (Å²) in [6.07, 6.45) is 0.916. The van der Waals surface area contributed by atoms with Crippen molar-refractivity contribution in [2.24, 2.45) is 0 Å². The summed E-state index contributed by atoms with van der Waals surface area (Å²) >= 11 is 0. The molecule has 1 unspecified atom stereocenters. The average Bonchev–Trinajstić information content (AvgIpc) is 2.96. The molecule has 4 rings (SSSR count). The predicted molar refractivity (Wildman–Crippen MR) is 120 cm³/mol. The molecule has 2 N–H and O–H groups in total. The Morgan fingerprint density at radius 3 is 2.59 bits per heavy atom. The Balaban J connectivity index is 1.48. The number of hydrogen-bond acceptors (Lipinski definition) is 4. The van der Waals surface area contributed by atoms with Crippen LogP contribution in [0.5, 0.6) is 11.5 Å². The lowest BCUT2D eigenvalue weighted by Gasteiger charge is -2.19. The second kappa shape index (κ2) is 9.56. The standard InChI is InChI=1S/C26H25NO5/c1-31-20-10-11-24-23(14-20)22(21-5-3-2-4-19(21)16-32-24)15-25(28)27-13-12-17-6-8-18(9-7-17)26(29)30/h2-11,14,22H,12-13,15-16H2,1H3,(H,27,28)(H,29,30). The molecule has 1 atom stereocenters. The predicted octanol–water partition coefficient (Wildman–Crippen LogP) is 4.17. The van der Waals surface area contributed by atoms with Gasteiger partial charge in [-0.25, -0.2) is 4.79 Å². The van der Waals surface area contributed by atoms with Gasteiger partial charge < -0.3 is 19.9 Å². The van der Waals surface area contributed by atoms with Gasteiger partial charge in [-0.2, -0.15) is 0 Å². The number of rotatable bonds is 7. The normalized spacial score (nSPS) is 14.3. The molecule has 6 nitrogen and oxygen atoms in total. The zero-order chi connectivity index (χ0) is 22.5. The number of carboxylic acids is 1. The zero-order valence-corrected chi connectivity index (χ0v) is 17.8. The Kier molecular flexibility index (Phi) is 6.40. The zero-order valence-electron chi connectivity index (χ0n) is 17.8. The first-order valence-corrected chi connectivity index (χ1v) is 10.5. The number of ether oxygens (including phenoxy) is 2. The molecule has 0 radical (unpaired) electrons. The van der Waals surface area contributed by atoms with Gasteiger partial charge in [0.15, 0.2) is 0 Å². The number of carbonyl (C=O) groups excluding carboxylic acids is 1. The molecule has 6 heteroatoms. The van der Waals surface area contributed by atoms with Gasteiger partial charge in [0.05, 0.1) is 12.7 Å². The summed E-state index contributed by atoms with van der Waals surface area (Å²) in [6, 6.07) is 20.4. The Morgan fingerprint density at radius 2 is 1.84 bits per heavy atom. The third-order valence-electron chi connectivity index (χ3n) is 5.73. The van der Waals surface area contributed by atoms with Crippen molar-refractivity contribution in [2.45, 2.75) is 25.4 Å². The van der Waals surface area contributed by atoms with E-state index in [-0.39, 0.29) is 17.4 Å². The fraction of sp³-hybridized carbons (Fsp3) is 0.231. The lowest BCUT2D eigenvalue weighted by molar-refractivity contribution is -0.121. The van der Waals surface area contributed by atoms with Crippen LogP contribution in [0.4, 0.5) is 0 Å². The Hall–Kier alpha value is -3.80. The summed E-state index contributed by atoms with van der Waals surface area (Å²) in [5.41, 5.74) is 4.31. The van der Waals surface area contributed by atoms with E-state index in [4.69, 9.17) is 14.6 Å². The molecular weight excluding hydrogens is 406 g/mol. The summed E-state index contributed by atoms with van der Waals surface area (Å²) in [6.45, 7) is 0.932. The number of benzene rings is 3. The van der Waals surface area contributed by atoms with Crippen LogP contribution in [0.15, 0.2) is 66.7 Å². The van der Waals surface area contributed by atoms with E-state index in [1.165, 1.54) is 0 Å². The molecule has 3 aromatic rings. The highest BCUT2D eigenvalue weighted by Gasteiger charge is 2.27. The highest BCUT2D eigenvalue weighted by Crippen LogP contribution is 2.41. The van der Waals surface area contributed by atoms with Crippen molar-refractivity contribution in [1.82, 2.24) is 5.32 Å². The molecule has 1 aliphatic rings. The van der Waals surface area contributed by atoms with Gasteiger partial charge in [0, 0.05) is 24.4 Å². The number of nitrogens with one attached hydrogen (secondary N) is 1. The number of fused-ring (bicyclic) bond motifs is 2. The fourth-order valence-corrected chi connectivity index (χ4v) is 4.02. The quantitative estimate of drug-likeness (QED) is 0.587. The second-order valence-electron chi connectivity index (χ2n) is 7.75. The van der Waals surface area contributed by atoms with Gasteiger partial charge in [0.2, 0.25) is 5.91 Å². The number of carbonyl (C=O) groups is 2. The van der Waals surface area contributed by atoms with E-state index in [9.17, 15) is 9.59 Å². The van der Waals surface area contributed by atoms with Gasteiger partial charge in [-0.1, -0.05) is 36.4 Å². The van der Waals surface area contributed by atoms with Gasteiger partial charge in [-0.05, 0) is 53.4 Å². The fourth-order valence-electron chi connectivity index (χ4n) is 4.02. The van der Waals surface area contributed by atoms with Crippen LogP contribution in [-0.4, -0.2) is 30.6 Å². The van der Waals surface area contributed by atoms with Crippen molar-refractivity contribution in [1.29, 1.82) is 0 Å². The molecule has 0 saturated heterocycles. The van der Waals surface area contributed by atoms with Gasteiger partial charge in [0.25, 0.3) is 0 Å². The van der Waals surface area contributed by atoms with Crippen LogP contribution in [-0.2, 0) is 17.8 Å². The Bertz CT molecular complexity index is 1120. The van der Waals surface area contributed by atoms with Crippen LogP contribution in [0.25, 0.3) is 0 Å². The molecule has 0 aromatic heterocycles. The molecule has 0 spiro atoms. The van der Waals surface area contributed by atoms with Crippen LogP contribution in [0, 0.1) is 0 Å². The number of carboxylic acid groups (broad SMARTS) is 1. The topological polar surface area (TPSA) is 84.9 Å². The molecule has 32 heavy (non-hydrogen) atoms. The van der Waals surface area contributed by atoms with Crippen molar-refractivity contribution in [3.8, 4) is 11.5 Å². The van der Waals surface area contributed by atoms with E-state index < -0.39 is 5.97 Å². The van der Waals surface area contributed by atoms with Crippen molar-refractivity contribution in [3.05, 3.63) is 94.5 Å². The Labute approximate surface area is 186 Å². The van der Waals surface area contributed by atoms with Gasteiger partial charge in [-0.15, -0.1) is 0 Å². The van der Waals surface area contributed by atoms with E-state index in [1.807, 2.05) is 36.4 Å². The van der Waals surface area contributed by atoms with E-state index >= 15 is 0 Å². The highest BCUT2D eigenvalue weighted by molar-refractivity contribution is 5.87. The first-order chi connectivity index (χ1) is 15.5. The first-order valence-electron chi connectivity index (χ1n) is 10.5. The minimum Gasteiger partial charge on any atom is -0.497 e. The number of aromatic carboxylic acids is 1. The van der Waals surface area contributed by atoms with Gasteiger partial charge in [0.1, 0.15) is 18.1 Å². The Morgan fingerprint density at radius 1 is 1.06 bits per heavy atom. The molecular formula is C26H25NO5. The lowest BCUT2D eigenvalue weighted by Crippen LogP contribution is -2.27. The van der Waals surface area contributed by atoms with E-state index in [0.29, 0.717) is 26.0 Å². The van der Waals surface area contributed by atoms with Crippen LogP contribution in [0.3, 0.4) is 0 Å². The molecule has 3 aromatic carbocycles.